The maximum atomic E-state index is 10.7. The molecule has 3 aromatic rings. The van der Waals surface area contributed by atoms with E-state index in [1.165, 1.54) is 34.8 Å². The van der Waals surface area contributed by atoms with E-state index in [2.05, 4.69) is 15.3 Å². The van der Waals surface area contributed by atoms with E-state index < -0.39 is 5.97 Å². The van der Waals surface area contributed by atoms with Crippen LogP contribution in [0.1, 0.15) is 16.1 Å². The number of rotatable bonds is 4. The second-order valence-electron chi connectivity index (χ2n) is 4.49. The van der Waals surface area contributed by atoms with Gasteiger partial charge in [-0.1, -0.05) is 23.5 Å². The van der Waals surface area contributed by atoms with Gasteiger partial charge in [0.25, 0.3) is 0 Å². The van der Waals surface area contributed by atoms with Gasteiger partial charge in [0.15, 0.2) is 10.3 Å². The molecule has 8 heteroatoms. The fraction of sp³-hybridized carbons (Fsp3) is 0.0714. The van der Waals surface area contributed by atoms with Crippen molar-refractivity contribution in [2.75, 3.05) is 11.1 Å². The van der Waals surface area contributed by atoms with Gasteiger partial charge >= 0.3 is 0 Å². The SMILES string of the molecule is Cc1nc(N)sc1-c1csc(Nc2ccc(C(=O)[O-])cc2)n1. The lowest BCUT2D eigenvalue weighted by molar-refractivity contribution is -0.255. The maximum absolute atomic E-state index is 10.7. The van der Waals surface area contributed by atoms with Crippen molar-refractivity contribution in [3.8, 4) is 10.6 Å². The molecule has 3 N–H and O–H groups in total. The lowest BCUT2D eigenvalue weighted by Crippen LogP contribution is -2.21. The number of carboxylic acids is 1. The molecule has 0 atom stereocenters. The van der Waals surface area contributed by atoms with E-state index in [1.807, 2.05) is 12.3 Å². The highest BCUT2D eigenvalue weighted by Crippen LogP contribution is 2.34. The number of carbonyl (C=O) groups is 1. The molecule has 0 unspecified atom stereocenters. The smallest absolute Gasteiger partial charge is 0.187 e. The molecule has 0 aliphatic rings. The summed E-state index contributed by atoms with van der Waals surface area (Å²) in [5.41, 5.74) is 8.28. The van der Waals surface area contributed by atoms with Crippen molar-refractivity contribution < 1.29 is 9.90 Å². The number of nitrogens with zero attached hydrogens (tertiary/aromatic N) is 2. The Hall–Kier alpha value is -2.45. The minimum atomic E-state index is -1.19. The fourth-order valence-corrected chi connectivity index (χ4v) is 3.49. The molecule has 2 heterocycles. The number of hydrogen-bond acceptors (Lipinski definition) is 8. The molecule has 2 aromatic heterocycles. The van der Waals surface area contributed by atoms with E-state index in [-0.39, 0.29) is 5.56 Å². The molecule has 112 valence electrons. The summed E-state index contributed by atoms with van der Waals surface area (Å²) >= 11 is 2.86. The minimum Gasteiger partial charge on any atom is -0.545 e. The number of hydrogen-bond donors (Lipinski definition) is 2. The third-order valence-corrected chi connectivity index (χ3v) is 4.69. The van der Waals surface area contributed by atoms with Crippen molar-refractivity contribution in [2.24, 2.45) is 0 Å². The van der Waals surface area contributed by atoms with E-state index in [1.54, 1.807) is 12.1 Å². The van der Waals surface area contributed by atoms with Gasteiger partial charge in [-0.05, 0) is 24.6 Å². The Balaban J connectivity index is 1.79. The average molecular weight is 331 g/mol. The van der Waals surface area contributed by atoms with Gasteiger partial charge in [0, 0.05) is 11.1 Å². The predicted octanol–water partition coefficient (Wildman–Crippen LogP) is 2.26. The van der Waals surface area contributed by atoms with Gasteiger partial charge in [0.1, 0.15) is 0 Å². The van der Waals surface area contributed by atoms with E-state index >= 15 is 0 Å². The van der Waals surface area contributed by atoms with Crippen molar-refractivity contribution in [3.05, 3.63) is 40.9 Å². The number of benzene rings is 1. The van der Waals surface area contributed by atoms with Gasteiger partial charge in [0.05, 0.1) is 22.2 Å². The molecule has 0 bridgehead atoms. The molecule has 0 fully saturated rings. The van der Waals surface area contributed by atoms with Crippen molar-refractivity contribution in [3.63, 3.8) is 0 Å². The molecule has 1 aromatic carbocycles. The highest BCUT2D eigenvalue weighted by Gasteiger charge is 2.12. The zero-order chi connectivity index (χ0) is 15.7. The van der Waals surface area contributed by atoms with Gasteiger partial charge in [0.2, 0.25) is 0 Å². The third-order valence-electron chi connectivity index (χ3n) is 2.92. The Bertz CT molecular complexity index is 824. The lowest BCUT2D eigenvalue weighted by atomic mass is 10.2. The van der Waals surface area contributed by atoms with E-state index in [9.17, 15) is 9.90 Å². The van der Waals surface area contributed by atoms with Crippen molar-refractivity contribution >= 4 is 44.6 Å². The first-order valence-corrected chi connectivity index (χ1v) is 8.00. The Kier molecular flexibility index (Phi) is 3.78. The number of aromatic nitrogens is 2. The zero-order valence-electron chi connectivity index (χ0n) is 11.5. The van der Waals surface area contributed by atoms with Gasteiger partial charge in [-0.25, -0.2) is 9.97 Å². The lowest BCUT2D eigenvalue weighted by Gasteiger charge is -2.05. The fourth-order valence-electron chi connectivity index (χ4n) is 1.90. The van der Waals surface area contributed by atoms with Gasteiger partial charge < -0.3 is 21.0 Å². The Morgan fingerprint density at radius 3 is 2.59 bits per heavy atom. The van der Waals surface area contributed by atoms with Crippen LogP contribution < -0.4 is 16.2 Å². The summed E-state index contributed by atoms with van der Waals surface area (Å²) in [6, 6.07) is 6.31. The summed E-state index contributed by atoms with van der Waals surface area (Å²) in [4.78, 5) is 20.3. The van der Waals surface area contributed by atoms with Crippen molar-refractivity contribution in [1.29, 1.82) is 0 Å². The van der Waals surface area contributed by atoms with Crippen LogP contribution in [0.4, 0.5) is 16.0 Å². The molecule has 0 saturated carbocycles. The molecule has 6 nitrogen and oxygen atoms in total. The quantitative estimate of drug-likeness (QED) is 0.760. The van der Waals surface area contributed by atoms with Crippen LogP contribution in [0.2, 0.25) is 0 Å². The molecule has 0 aliphatic carbocycles. The van der Waals surface area contributed by atoms with E-state index in [0.29, 0.717) is 10.3 Å². The van der Waals surface area contributed by atoms with Crippen LogP contribution in [0.5, 0.6) is 0 Å². The average Bonchev–Trinajstić information content (AvgIpc) is 3.06. The Morgan fingerprint density at radius 1 is 1.27 bits per heavy atom. The van der Waals surface area contributed by atoms with Crippen LogP contribution in [-0.4, -0.2) is 15.9 Å². The standard InChI is InChI=1S/C14H12N4O2S2/c1-7-11(22-13(15)16-7)10-6-21-14(18-10)17-9-4-2-8(3-5-9)12(19)20/h2-6H,1H3,(H2,15,16)(H,17,18)(H,19,20)/p-1. The summed E-state index contributed by atoms with van der Waals surface area (Å²) in [7, 11) is 0. The molecule has 3 rings (SSSR count). The van der Waals surface area contributed by atoms with Crippen LogP contribution in [0.25, 0.3) is 10.6 Å². The monoisotopic (exact) mass is 331 g/mol. The summed E-state index contributed by atoms with van der Waals surface area (Å²) in [5.74, 6) is -1.19. The minimum absolute atomic E-state index is 0.140. The van der Waals surface area contributed by atoms with E-state index in [4.69, 9.17) is 5.73 Å². The maximum Gasteiger partial charge on any atom is 0.187 e. The first-order chi connectivity index (χ1) is 10.5. The Morgan fingerprint density at radius 2 is 2.00 bits per heavy atom. The second-order valence-corrected chi connectivity index (χ2v) is 6.38. The summed E-state index contributed by atoms with van der Waals surface area (Å²) in [5, 5.41) is 17.0. The number of carboxylic acid groups (broad SMARTS) is 1. The highest BCUT2D eigenvalue weighted by atomic mass is 32.1. The molecule has 0 aliphatic heterocycles. The topological polar surface area (TPSA) is 104 Å². The van der Waals surface area contributed by atoms with Gasteiger partial charge in [-0.3, -0.25) is 0 Å². The van der Waals surface area contributed by atoms with Crippen molar-refractivity contribution in [2.45, 2.75) is 6.92 Å². The molecule has 0 amide bonds. The number of aryl methyl sites for hydroxylation is 1. The predicted molar refractivity (Wildman–Crippen MR) is 86.4 cm³/mol. The number of carbonyl (C=O) groups excluding carboxylic acids is 1. The number of anilines is 3. The second kappa shape index (κ2) is 5.74. The number of nitrogens with one attached hydrogen (secondary N) is 1. The number of thiazole rings is 2. The number of nitrogen functional groups attached to an aromatic ring is 1. The highest BCUT2D eigenvalue weighted by molar-refractivity contribution is 7.19. The first-order valence-electron chi connectivity index (χ1n) is 6.30. The normalized spacial score (nSPS) is 10.6. The molecular weight excluding hydrogens is 320 g/mol. The van der Waals surface area contributed by atoms with Crippen LogP contribution in [-0.2, 0) is 0 Å². The Labute approximate surface area is 134 Å². The summed E-state index contributed by atoms with van der Waals surface area (Å²) in [6.45, 7) is 1.90. The van der Waals surface area contributed by atoms with E-state index in [0.717, 1.165) is 22.0 Å². The molecule has 0 radical (unpaired) electrons. The molecule has 22 heavy (non-hydrogen) atoms. The van der Waals surface area contributed by atoms with Crippen LogP contribution in [0, 0.1) is 6.92 Å². The molecule has 0 spiro atoms. The summed E-state index contributed by atoms with van der Waals surface area (Å²) < 4.78 is 0. The van der Waals surface area contributed by atoms with Crippen molar-refractivity contribution in [1.82, 2.24) is 9.97 Å². The molecular formula is C14H11N4O2S2-. The third kappa shape index (κ3) is 2.92. The zero-order valence-corrected chi connectivity index (χ0v) is 13.1. The van der Waals surface area contributed by atoms with Crippen LogP contribution in [0.15, 0.2) is 29.6 Å². The number of nitrogens with two attached hydrogens (primary N) is 1. The molecule has 0 saturated heterocycles. The van der Waals surface area contributed by atoms with Gasteiger partial charge in [-0.2, -0.15) is 0 Å². The largest absolute Gasteiger partial charge is 0.545 e. The first kappa shape index (κ1) is 14.5. The van der Waals surface area contributed by atoms with Gasteiger partial charge in [-0.15, -0.1) is 11.3 Å². The summed E-state index contributed by atoms with van der Waals surface area (Å²) in [6.07, 6.45) is 0. The van der Waals surface area contributed by atoms with Crippen LogP contribution >= 0.6 is 22.7 Å². The van der Waals surface area contributed by atoms with Crippen LogP contribution in [0.3, 0.4) is 0 Å². The number of aromatic carboxylic acids is 1.